The molecule has 2 aromatic carbocycles. The normalized spacial score (nSPS) is 14.0. The molecule has 1 aliphatic rings. The van der Waals surface area contributed by atoms with Crippen LogP contribution in [0.2, 0.25) is 0 Å². The summed E-state index contributed by atoms with van der Waals surface area (Å²) in [5.41, 5.74) is 4.18. The van der Waals surface area contributed by atoms with Crippen molar-refractivity contribution >= 4 is 0 Å². The van der Waals surface area contributed by atoms with Crippen molar-refractivity contribution in [2.24, 2.45) is 0 Å². The van der Waals surface area contributed by atoms with Gasteiger partial charge in [0.1, 0.15) is 17.2 Å². The molecule has 0 saturated heterocycles. The van der Waals surface area contributed by atoms with Gasteiger partial charge in [0.2, 0.25) is 0 Å². The molecule has 158 valence electrons. The van der Waals surface area contributed by atoms with Crippen molar-refractivity contribution in [3.63, 3.8) is 0 Å². The lowest BCUT2D eigenvalue weighted by molar-refractivity contribution is 0.132. The molecule has 0 fully saturated rings. The summed E-state index contributed by atoms with van der Waals surface area (Å²) in [5, 5.41) is 4.13. The summed E-state index contributed by atoms with van der Waals surface area (Å²) in [6.45, 7) is 5.30. The smallest absolute Gasteiger partial charge is 0.159 e. The Bertz CT molecular complexity index is 1040. The summed E-state index contributed by atoms with van der Waals surface area (Å²) in [6, 6.07) is 9.92. The molecule has 30 heavy (non-hydrogen) atoms. The standard InChI is InChI=1S/C23H24F2N2O3/c1-3-29-14-17-10-15(4-7-21(17)28-2)12-27-9-8-22-18(13-27)23(26-30-22)16-5-6-19(24)20(25)11-16/h4-7,10-11H,3,8-9,12-14H2,1-2H3. The van der Waals surface area contributed by atoms with Crippen LogP contribution in [0.3, 0.4) is 0 Å². The van der Waals surface area contributed by atoms with Crippen LogP contribution in [0.25, 0.3) is 11.3 Å². The topological polar surface area (TPSA) is 47.7 Å². The van der Waals surface area contributed by atoms with Crippen LogP contribution in [-0.4, -0.2) is 30.3 Å². The van der Waals surface area contributed by atoms with Crippen LogP contribution >= 0.6 is 0 Å². The highest BCUT2D eigenvalue weighted by Gasteiger charge is 2.25. The van der Waals surface area contributed by atoms with Gasteiger partial charge in [-0.25, -0.2) is 8.78 Å². The van der Waals surface area contributed by atoms with Crippen molar-refractivity contribution in [2.45, 2.75) is 33.0 Å². The van der Waals surface area contributed by atoms with E-state index in [0.29, 0.717) is 37.4 Å². The average Bonchev–Trinajstić information content (AvgIpc) is 3.17. The molecule has 5 nitrogen and oxygen atoms in total. The number of benzene rings is 2. The number of nitrogens with zero attached hydrogens (tertiary/aromatic N) is 2. The van der Waals surface area contributed by atoms with E-state index in [1.165, 1.54) is 6.07 Å². The highest BCUT2D eigenvalue weighted by atomic mass is 19.2. The van der Waals surface area contributed by atoms with Gasteiger partial charge in [0, 0.05) is 49.4 Å². The van der Waals surface area contributed by atoms with Gasteiger partial charge in [-0.3, -0.25) is 4.90 Å². The first-order valence-corrected chi connectivity index (χ1v) is 9.97. The molecule has 0 radical (unpaired) electrons. The zero-order valence-electron chi connectivity index (χ0n) is 17.1. The quantitative estimate of drug-likeness (QED) is 0.560. The van der Waals surface area contributed by atoms with Crippen molar-refractivity contribution in [2.75, 3.05) is 20.3 Å². The second-order valence-electron chi connectivity index (χ2n) is 7.31. The SMILES string of the molecule is CCOCc1cc(CN2CCc3onc(-c4ccc(F)c(F)c4)c3C2)ccc1OC. The summed E-state index contributed by atoms with van der Waals surface area (Å²) < 4.78 is 43.5. The fraction of sp³-hybridized carbons (Fsp3) is 0.348. The first-order chi connectivity index (χ1) is 14.6. The van der Waals surface area contributed by atoms with Gasteiger partial charge in [-0.05, 0) is 42.8 Å². The number of halogens is 2. The molecule has 0 N–H and O–H groups in total. The Balaban J connectivity index is 1.53. The fourth-order valence-corrected chi connectivity index (χ4v) is 3.78. The number of ether oxygens (including phenoxy) is 2. The van der Waals surface area contributed by atoms with Gasteiger partial charge in [0.15, 0.2) is 11.6 Å². The van der Waals surface area contributed by atoms with Crippen molar-refractivity contribution in [3.05, 3.63) is 70.5 Å². The molecule has 1 aromatic heterocycles. The largest absolute Gasteiger partial charge is 0.496 e. The van der Waals surface area contributed by atoms with Crippen LogP contribution in [0.4, 0.5) is 8.78 Å². The van der Waals surface area contributed by atoms with E-state index in [1.54, 1.807) is 7.11 Å². The van der Waals surface area contributed by atoms with Crippen LogP contribution in [0.5, 0.6) is 5.75 Å². The third-order valence-electron chi connectivity index (χ3n) is 5.31. The van der Waals surface area contributed by atoms with E-state index in [4.69, 9.17) is 14.0 Å². The minimum Gasteiger partial charge on any atom is -0.496 e. The maximum Gasteiger partial charge on any atom is 0.159 e. The lowest BCUT2D eigenvalue weighted by Crippen LogP contribution is -2.29. The minimum absolute atomic E-state index is 0.504. The Morgan fingerprint density at radius 2 is 2.00 bits per heavy atom. The zero-order chi connectivity index (χ0) is 21.1. The van der Waals surface area contributed by atoms with E-state index in [-0.39, 0.29) is 0 Å². The van der Waals surface area contributed by atoms with E-state index in [1.807, 2.05) is 19.1 Å². The van der Waals surface area contributed by atoms with Crippen LogP contribution in [0.15, 0.2) is 40.9 Å². The van der Waals surface area contributed by atoms with E-state index in [9.17, 15) is 8.78 Å². The first-order valence-electron chi connectivity index (χ1n) is 9.97. The van der Waals surface area contributed by atoms with Crippen molar-refractivity contribution in [1.29, 1.82) is 0 Å². The number of aromatic nitrogens is 1. The summed E-state index contributed by atoms with van der Waals surface area (Å²) in [4.78, 5) is 2.29. The second kappa shape index (κ2) is 8.93. The number of methoxy groups -OCH3 is 1. The molecule has 0 unspecified atom stereocenters. The zero-order valence-corrected chi connectivity index (χ0v) is 17.1. The summed E-state index contributed by atoms with van der Waals surface area (Å²) in [5.74, 6) is -0.150. The molecular weight excluding hydrogens is 390 g/mol. The number of hydrogen-bond acceptors (Lipinski definition) is 5. The molecule has 1 aliphatic heterocycles. The Morgan fingerprint density at radius 3 is 2.77 bits per heavy atom. The maximum absolute atomic E-state index is 13.7. The average molecular weight is 414 g/mol. The molecule has 0 spiro atoms. The molecule has 0 saturated carbocycles. The number of fused-ring (bicyclic) bond motifs is 1. The van der Waals surface area contributed by atoms with Gasteiger partial charge in [-0.15, -0.1) is 0 Å². The van der Waals surface area contributed by atoms with Crippen molar-refractivity contribution in [1.82, 2.24) is 10.1 Å². The highest BCUT2D eigenvalue weighted by Crippen LogP contribution is 2.31. The minimum atomic E-state index is -0.892. The predicted molar refractivity (Wildman–Crippen MR) is 108 cm³/mol. The van der Waals surface area contributed by atoms with Gasteiger partial charge in [0.25, 0.3) is 0 Å². The lowest BCUT2D eigenvalue weighted by Gasteiger charge is -2.26. The monoisotopic (exact) mass is 414 g/mol. The van der Waals surface area contributed by atoms with E-state index in [2.05, 4.69) is 16.1 Å². The molecule has 0 atom stereocenters. The molecular formula is C23H24F2N2O3. The molecule has 0 aliphatic carbocycles. The third kappa shape index (κ3) is 4.22. The van der Waals surface area contributed by atoms with Crippen LogP contribution < -0.4 is 4.74 Å². The lowest BCUT2D eigenvalue weighted by atomic mass is 10.0. The molecule has 3 aromatic rings. The number of rotatable bonds is 7. The third-order valence-corrected chi connectivity index (χ3v) is 5.31. The maximum atomic E-state index is 13.7. The van der Waals surface area contributed by atoms with Gasteiger partial charge in [-0.1, -0.05) is 11.2 Å². The van der Waals surface area contributed by atoms with Crippen molar-refractivity contribution < 1.29 is 22.8 Å². The van der Waals surface area contributed by atoms with Crippen LogP contribution in [0, 0.1) is 11.6 Å². The van der Waals surface area contributed by atoms with E-state index in [0.717, 1.165) is 53.4 Å². The summed E-state index contributed by atoms with van der Waals surface area (Å²) in [7, 11) is 1.66. The first kappa shape index (κ1) is 20.5. The highest BCUT2D eigenvalue weighted by molar-refractivity contribution is 5.63. The predicted octanol–water partition coefficient (Wildman–Crippen LogP) is 4.72. The van der Waals surface area contributed by atoms with Gasteiger partial charge in [-0.2, -0.15) is 0 Å². The Hall–Kier alpha value is -2.77. The molecule has 0 bridgehead atoms. The molecule has 4 rings (SSSR count). The number of hydrogen-bond donors (Lipinski definition) is 0. The molecule has 0 amide bonds. The summed E-state index contributed by atoms with van der Waals surface area (Å²) >= 11 is 0. The fourth-order valence-electron chi connectivity index (χ4n) is 3.78. The van der Waals surface area contributed by atoms with Crippen LogP contribution in [-0.2, 0) is 30.9 Å². The Labute approximate surface area is 174 Å². The van der Waals surface area contributed by atoms with Gasteiger partial charge < -0.3 is 14.0 Å². The van der Waals surface area contributed by atoms with Gasteiger partial charge in [0.05, 0.1) is 13.7 Å². The molecule has 7 heteroatoms. The summed E-state index contributed by atoms with van der Waals surface area (Å²) in [6.07, 6.45) is 0.716. The van der Waals surface area contributed by atoms with Crippen LogP contribution in [0.1, 0.15) is 29.4 Å². The van der Waals surface area contributed by atoms with E-state index >= 15 is 0 Å². The Morgan fingerprint density at radius 1 is 1.13 bits per heavy atom. The Kier molecular flexibility index (Phi) is 6.11. The van der Waals surface area contributed by atoms with E-state index < -0.39 is 11.6 Å². The van der Waals surface area contributed by atoms with Crippen molar-refractivity contribution in [3.8, 4) is 17.0 Å². The second-order valence-corrected chi connectivity index (χ2v) is 7.31. The van der Waals surface area contributed by atoms with Gasteiger partial charge >= 0.3 is 0 Å². The molecule has 2 heterocycles.